The van der Waals surface area contributed by atoms with Crippen LogP contribution in [-0.4, -0.2) is 26.2 Å². The topological polar surface area (TPSA) is 84.0 Å². The number of carbonyl (C=O) groups is 1. The molecule has 1 N–H and O–H groups in total. The molecule has 6 nitrogen and oxygen atoms in total. The highest BCUT2D eigenvalue weighted by Crippen LogP contribution is 2.34. The lowest BCUT2D eigenvalue weighted by molar-refractivity contribution is -0.918. The minimum atomic E-state index is -0.614. The molecule has 3 rings (SSSR count). The summed E-state index contributed by atoms with van der Waals surface area (Å²) in [6.07, 6.45) is 3.27. The molecule has 1 fully saturated rings. The van der Waals surface area contributed by atoms with E-state index in [1.54, 1.807) is 6.92 Å². The summed E-state index contributed by atoms with van der Waals surface area (Å²) < 4.78 is 10.1. The van der Waals surface area contributed by atoms with E-state index in [-0.39, 0.29) is 28.3 Å². The number of aryl methyl sites for hydroxylation is 1. The van der Waals surface area contributed by atoms with Crippen molar-refractivity contribution in [3.05, 3.63) is 38.2 Å². The number of ether oxygens (including phenoxy) is 1. The third-order valence-electron chi connectivity index (χ3n) is 5.11. The third-order valence-corrected chi connectivity index (χ3v) is 5.40. The van der Waals surface area contributed by atoms with Crippen molar-refractivity contribution in [2.24, 2.45) is 0 Å². The van der Waals surface area contributed by atoms with Gasteiger partial charge in [0.2, 0.25) is 0 Å². The molecule has 1 aliphatic heterocycles. The maximum absolute atomic E-state index is 12.6. The van der Waals surface area contributed by atoms with Crippen molar-refractivity contribution in [1.82, 2.24) is 0 Å². The lowest BCUT2D eigenvalue weighted by Crippen LogP contribution is -3.11. The summed E-state index contributed by atoms with van der Waals surface area (Å²) in [6.45, 7) is 4.18. The second kappa shape index (κ2) is 7.68. The number of likely N-dealkylation sites (tertiary alicyclic amines) is 1. The van der Waals surface area contributed by atoms with E-state index in [2.05, 4.69) is 4.74 Å². The van der Waals surface area contributed by atoms with Crippen LogP contribution in [0.2, 0.25) is 5.02 Å². The number of nitrogens with one attached hydrogen (secondary N) is 1. The molecule has 0 saturated carbocycles. The molecule has 140 valence electrons. The monoisotopic (exact) mass is 379 g/mol. The van der Waals surface area contributed by atoms with Gasteiger partial charge in [-0.25, -0.2) is 4.79 Å². The smallest absolute Gasteiger partial charge is 0.340 e. The summed E-state index contributed by atoms with van der Waals surface area (Å²) in [5.74, 6) is -0.815. The van der Waals surface area contributed by atoms with E-state index in [1.807, 2.05) is 0 Å². The number of hydrogen-bond donors (Lipinski definition) is 1. The molecule has 1 aromatic carbocycles. The number of halogens is 1. The fourth-order valence-electron chi connectivity index (χ4n) is 3.59. The molecule has 0 amide bonds. The van der Waals surface area contributed by atoms with Gasteiger partial charge in [0.15, 0.2) is 0 Å². The molecule has 0 aliphatic carbocycles. The lowest BCUT2D eigenvalue weighted by atomic mass is 10.00. The first-order valence-corrected chi connectivity index (χ1v) is 9.15. The minimum Gasteiger partial charge on any atom is -0.871 e. The predicted molar refractivity (Wildman–Crippen MR) is 95.6 cm³/mol. The molecule has 1 aliphatic rings. The Morgan fingerprint density at radius 2 is 2.00 bits per heavy atom. The molecule has 26 heavy (non-hydrogen) atoms. The Morgan fingerprint density at radius 3 is 2.65 bits per heavy atom. The highest BCUT2D eigenvalue weighted by Gasteiger charge is 2.22. The van der Waals surface area contributed by atoms with Gasteiger partial charge >= 0.3 is 11.6 Å². The van der Waals surface area contributed by atoms with Gasteiger partial charge in [0.25, 0.3) is 0 Å². The zero-order chi connectivity index (χ0) is 18.8. The first-order valence-electron chi connectivity index (χ1n) is 8.77. The van der Waals surface area contributed by atoms with Crippen molar-refractivity contribution in [2.45, 2.75) is 39.2 Å². The Morgan fingerprint density at radius 1 is 1.31 bits per heavy atom. The number of methoxy groups -OCH3 is 1. The van der Waals surface area contributed by atoms with Gasteiger partial charge in [-0.05, 0) is 37.8 Å². The number of carbonyl (C=O) groups excluding carboxylic acids is 1. The molecular weight excluding hydrogens is 358 g/mol. The molecule has 7 heteroatoms. The van der Waals surface area contributed by atoms with E-state index in [0.717, 1.165) is 25.9 Å². The maximum atomic E-state index is 12.6. The summed E-state index contributed by atoms with van der Waals surface area (Å²) in [4.78, 5) is 25.3. The van der Waals surface area contributed by atoms with Crippen molar-refractivity contribution in [1.29, 1.82) is 0 Å². The second-order valence-electron chi connectivity index (χ2n) is 6.78. The van der Waals surface area contributed by atoms with E-state index in [4.69, 9.17) is 16.0 Å². The summed E-state index contributed by atoms with van der Waals surface area (Å²) >= 11 is 6.17. The fourth-order valence-corrected chi connectivity index (χ4v) is 3.82. The molecule has 0 radical (unpaired) electrons. The van der Waals surface area contributed by atoms with E-state index < -0.39 is 11.6 Å². The summed E-state index contributed by atoms with van der Waals surface area (Å²) in [5.41, 5.74) is 0.939. The van der Waals surface area contributed by atoms with Crippen molar-refractivity contribution < 1.29 is 24.0 Å². The predicted octanol–water partition coefficient (Wildman–Crippen LogP) is 1.11. The average Bonchev–Trinajstić information content (AvgIpc) is 2.64. The molecule has 0 unspecified atom stereocenters. The Bertz CT molecular complexity index is 899. The van der Waals surface area contributed by atoms with E-state index in [0.29, 0.717) is 23.1 Å². The van der Waals surface area contributed by atoms with E-state index in [1.165, 1.54) is 24.5 Å². The zero-order valence-corrected chi connectivity index (χ0v) is 15.7. The van der Waals surface area contributed by atoms with Crippen LogP contribution in [0.4, 0.5) is 0 Å². The maximum Gasteiger partial charge on any atom is 0.340 e. The average molecular weight is 380 g/mol. The fraction of sp³-hybridized carbons (Fsp3) is 0.474. The van der Waals surface area contributed by atoms with Gasteiger partial charge in [-0.15, -0.1) is 0 Å². The summed E-state index contributed by atoms with van der Waals surface area (Å²) in [5, 5.41) is 13.3. The van der Waals surface area contributed by atoms with Crippen LogP contribution in [0.1, 0.15) is 36.0 Å². The van der Waals surface area contributed by atoms with Crippen LogP contribution in [0.15, 0.2) is 15.3 Å². The third kappa shape index (κ3) is 3.57. The van der Waals surface area contributed by atoms with E-state index >= 15 is 0 Å². The van der Waals surface area contributed by atoms with Gasteiger partial charge in [-0.2, -0.15) is 0 Å². The molecule has 1 saturated heterocycles. The molecule has 2 aromatic rings. The standard InChI is InChI=1S/C19H22ClNO5/c1-11-12-8-15(20)17(23)14(10-21-6-4-3-5-7-21)18(12)26-19(24)13(11)9-16(22)25-2/h8,23H,3-7,9-10H2,1-2H3. The minimum absolute atomic E-state index is 0.102. The van der Waals surface area contributed by atoms with Crippen LogP contribution < -0.4 is 15.6 Å². The van der Waals surface area contributed by atoms with Crippen molar-refractivity contribution in [2.75, 3.05) is 20.2 Å². The van der Waals surface area contributed by atoms with Gasteiger partial charge in [0.1, 0.15) is 12.1 Å². The van der Waals surface area contributed by atoms with Gasteiger partial charge in [-0.3, -0.25) is 4.79 Å². The van der Waals surface area contributed by atoms with Gasteiger partial charge < -0.3 is 19.2 Å². The molecular formula is C19H22ClNO5. The van der Waals surface area contributed by atoms with Crippen LogP contribution in [-0.2, 0) is 22.5 Å². The Kier molecular flexibility index (Phi) is 5.53. The number of rotatable bonds is 4. The zero-order valence-electron chi connectivity index (χ0n) is 14.9. The van der Waals surface area contributed by atoms with Gasteiger partial charge in [-0.1, -0.05) is 17.4 Å². The van der Waals surface area contributed by atoms with Crippen LogP contribution in [0.3, 0.4) is 0 Å². The first kappa shape index (κ1) is 18.7. The Balaban J connectivity index is 2.13. The largest absolute Gasteiger partial charge is 0.871 e. The number of fused-ring (bicyclic) bond motifs is 1. The summed E-state index contributed by atoms with van der Waals surface area (Å²) in [7, 11) is 1.26. The molecule has 1 aromatic heterocycles. The van der Waals surface area contributed by atoms with Gasteiger partial charge in [0.05, 0.1) is 32.2 Å². The lowest BCUT2D eigenvalue weighted by Gasteiger charge is -2.26. The van der Waals surface area contributed by atoms with Crippen LogP contribution >= 0.6 is 11.6 Å². The highest BCUT2D eigenvalue weighted by atomic mass is 35.5. The molecule has 2 heterocycles. The number of quaternary nitrogens is 1. The van der Waals surface area contributed by atoms with Crippen LogP contribution in [0.5, 0.6) is 5.75 Å². The van der Waals surface area contributed by atoms with Crippen molar-refractivity contribution >= 4 is 28.5 Å². The quantitative estimate of drug-likeness (QED) is 0.635. The summed E-state index contributed by atoms with van der Waals surface area (Å²) in [6, 6.07) is 1.52. The van der Waals surface area contributed by atoms with E-state index in [9.17, 15) is 14.7 Å². The van der Waals surface area contributed by atoms with Crippen LogP contribution in [0.25, 0.3) is 11.0 Å². The number of piperidine rings is 1. The highest BCUT2D eigenvalue weighted by molar-refractivity contribution is 6.33. The van der Waals surface area contributed by atoms with Crippen molar-refractivity contribution in [3.63, 3.8) is 0 Å². The number of benzene rings is 1. The Labute approximate surface area is 156 Å². The SMILES string of the molecule is COC(=O)Cc1c(C)c2cc(Cl)c([O-])c(C[NH+]3CCCCC3)c2oc1=O. The van der Waals surface area contributed by atoms with Gasteiger partial charge in [0, 0.05) is 16.0 Å². The number of hydrogen-bond acceptors (Lipinski definition) is 5. The molecule has 0 atom stereocenters. The second-order valence-corrected chi connectivity index (χ2v) is 7.18. The van der Waals surface area contributed by atoms with Crippen molar-refractivity contribution in [3.8, 4) is 5.75 Å². The first-order chi connectivity index (χ1) is 12.4. The molecule has 0 spiro atoms. The van der Waals surface area contributed by atoms with Crippen LogP contribution in [0, 0.1) is 6.92 Å². The Hall–Kier alpha value is -2.05. The number of esters is 1. The normalized spacial score (nSPS) is 15.3. The molecule has 0 bridgehead atoms.